The molecular weight excluding hydrogens is 154 g/mol. The molecule has 0 saturated carbocycles. The van der Waals surface area contributed by atoms with E-state index in [2.05, 4.69) is 23.7 Å². The van der Waals surface area contributed by atoms with E-state index in [1.807, 2.05) is 6.07 Å². The van der Waals surface area contributed by atoms with Crippen molar-refractivity contribution < 1.29 is 0 Å². The summed E-state index contributed by atoms with van der Waals surface area (Å²) >= 11 is 1.71. The summed E-state index contributed by atoms with van der Waals surface area (Å²) in [6.45, 7) is 3.21. The predicted molar refractivity (Wildman–Crippen MR) is 50.5 cm³/mol. The Bertz CT molecular complexity index is 170. The standard InChI is InChI=1S/C9H14NS/c1-2-3-4-7-10-9-6-5-8-11-9/h5-6,8H,2-4,7H2,1H3. The van der Waals surface area contributed by atoms with Gasteiger partial charge in [-0.2, -0.15) is 0 Å². The van der Waals surface area contributed by atoms with Crippen LogP contribution in [0.15, 0.2) is 17.5 Å². The molecule has 1 aromatic heterocycles. The Morgan fingerprint density at radius 2 is 2.36 bits per heavy atom. The fraction of sp³-hybridized carbons (Fsp3) is 0.556. The first-order chi connectivity index (χ1) is 5.43. The van der Waals surface area contributed by atoms with E-state index >= 15 is 0 Å². The summed E-state index contributed by atoms with van der Waals surface area (Å²) in [7, 11) is 0. The maximum absolute atomic E-state index is 4.42. The Hall–Kier alpha value is -0.500. The van der Waals surface area contributed by atoms with Crippen LogP contribution in [-0.4, -0.2) is 6.54 Å². The van der Waals surface area contributed by atoms with Gasteiger partial charge in [0.15, 0.2) is 0 Å². The van der Waals surface area contributed by atoms with Gasteiger partial charge in [-0.15, -0.1) is 11.3 Å². The normalized spacial score (nSPS) is 9.91. The molecule has 0 N–H and O–H groups in total. The molecule has 0 saturated heterocycles. The van der Waals surface area contributed by atoms with Crippen LogP contribution in [0.3, 0.4) is 0 Å². The largest absolute Gasteiger partial charge is 0.275 e. The Morgan fingerprint density at radius 1 is 1.45 bits per heavy atom. The molecule has 0 amide bonds. The number of unbranched alkanes of at least 4 members (excludes halogenated alkanes) is 2. The van der Waals surface area contributed by atoms with Gasteiger partial charge in [-0.25, -0.2) is 0 Å². The second kappa shape index (κ2) is 5.19. The molecule has 11 heavy (non-hydrogen) atoms. The monoisotopic (exact) mass is 168 g/mol. The first-order valence-corrected chi connectivity index (χ1v) is 5.02. The van der Waals surface area contributed by atoms with Crippen LogP contribution in [0.4, 0.5) is 5.00 Å². The van der Waals surface area contributed by atoms with Gasteiger partial charge in [-0.05, 0) is 23.9 Å². The number of rotatable bonds is 5. The van der Waals surface area contributed by atoms with Crippen molar-refractivity contribution in [3.8, 4) is 0 Å². The third kappa shape index (κ3) is 3.42. The van der Waals surface area contributed by atoms with Crippen LogP contribution in [0.5, 0.6) is 0 Å². The number of hydrogen-bond acceptors (Lipinski definition) is 1. The van der Waals surface area contributed by atoms with Crippen molar-refractivity contribution in [2.45, 2.75) is 26.2 Å². The highest BCUT2D eigenvalue weighted by molar-refractivity contribution is 7.13. The number of thiophene rings is 1. The molecule has 1 heterocycles. The Kier molecular flexibility index (Phi) is 4.06. The summed E-state index contributed by atoms with van der Waals surface area (Å²) in [6, 6.07) is 4.11. The second-order valence-electron chi connectivity index (χ2n) is 2.54. The molecule has 0 unspecified atom stereocenters. The molecule has 61 valence electrons. The smallest absolute Gasteiger partial charge is 0.110 e. The average molecular weight is 168 g/mol. The van der Waals surface area contributed by atoms with Crippen LogP contribution in [0, 0.1) is 0 Å². The fourth-order valence-corrected chi connectivity index (χ4v) is 1.53. The van der Waals surface area contributed by atoms with Crippen LogP contribution in [-0.2, 0) is 0 Å². The molecule has 0 aromatic carbocycles. The molecule has 2 heteroatoms. The fourth-order valence-electron chi connectivity index (χ4n) is 0.911. The molecule has 0 bridgehead atoms. The minimum atomic E-state index is 0.994. The van der Waals surface area contributed by atoms with Gasteiger partial charge in [0.1, 0.15) is 5.00 Å². The molecular formula is C9H14NS. The van der Waals surface area contributed by atoms with E-state index in [0.717, 1.165) is 6.54 Å². The summed E-state index contributed by atoms with van der Waals surface area (Å²) in [5.74, 6) is 0. The number of hydrogen-bond donors (Lipinski definition) is 0. The molecule has 0 spiro atoms. The highest BCUT2D eigenvalue weighted by Gasteiger charge is 1.92. The summed E-state index contributed by atoms with van der Waals surface area (Å²) in [5.41, 5.74) is 0. The Balaban J connectivity index is 2.04. The summed E-state index contributed by atoms with van der Waals surface area (Å²) < 4.78 is 0. The van der Waals surface area contributed by atoms with E-state index in [-0.39, 0.29) is 0 Å². The lowest BCUT2D eigenvalue weighted by Crippen LogP contribution is -1.97. The van der Waals surface area contributed by atoms with Crippen molar-refractivity contribution >= 4 is 16.3 Å². The molecule has 0 aliphatic rings. The predicted octanol–water partition coefficient (Wildman–Crippen LogP) is 3.17. The lowest BCUT2D eigenvalue weighted by Gasteiger charge is -1.97. The van der Waals surface area contributed by atoms with Crippen molar-refractivity contribution in [1.82, 2.24) is 5.32 Å². The highest BCUT2D eigenvalue weighted by Crippen LogP contribution is 2.14. The highest BCUT2D eigenvalue weighted by atomic mass is 32.1. The maximum Gasteiger partial charge on any atom is 0.110 e. The van der Waals surface area contributed by atoms with Gasteiger partial charge in [-0.3, -0.25) is 5.32 Å². The summed E-state index contributed by atoms with van der Waals surface area (Å²) in [6.07, 6.45) is 3.81. The summed E-state index contributed by atoms with van der Waals surface area (Å²) in [4.78, 5) is 0. The van der Waals surface area contributed by atoms with E-state index < -0.39 is 0 Å². The minimum absolute atomic E-state index is 0.994. The van der Waals surface area contributed by atoms with Crippen LogP contribution in [0.1, 0.15) is 26.2 Å². The molecule has 1 rings (SSSR count). The molecule has 0 fully saturated rings. The summed E-state index contributed by atoms with van der Waals surface area (Å²) in [5, 5.41) is 7.66. The third-order valence-electron chi connectivity index (χ3n) is 1.54. The van der Waals surface area contributed by atoms with Crippen LogP contribution in [0.2, 0.25) is 0 Å². The molecule has 1 radical (unpaired) electrons. The van der Waals surface area contributed by atoms with Crippen molar-refractivity contribution in [1.29, 1.82) is 0 Å². The van der Waals surface area contributed by atoms with E-state index in [0.29, 0.717) is 0 Å². The maximum atomic E-state index is 4.42. The van der Waals surface area contributed by atoms with E-state index in [1.165, 1.54) is 24.3 Å². The van der Waals surface area contributed by atoms with Crippen molar-refractivity contribution in [2.75, 3.05) is 6.54 Å². The molecule has 0 atom stereocenters. The minimum Gasteiger partial charge on any atom is -0.275 e. The van der Waals surface area contributed by atoms with Crippen LogP contribution in [0.25, 0.3) is 0 Å². The Labute approximate surface area is 72.4 Å². The zero-order chi connectivity index (χ0) is 7.94. The van der Waals surface area contributed by atoms with Gasteiger partial charge in [0, 0.05) is 6.54 Å². The topological polar surface area (TPSA) is 14.1 Å². The van der Waals surface area contributed by atoms with E-state index in [4.69, 9.17) is 0 Å². The zero-order valence-electron chi connectivity index (χ0n) is 6.92. The van der Waals surface area contributed by atoms with Crippen molar-refractivity contribution in [3.63, 3.8) is 0 Å². The van der Waals surface area contributed by atoms with Gasteiger partial charge in [-0.1, -0.05) is 19.8 Å². The first kappa shape index (κ1) is 8.60. The molecule has 1 aromatic rings. The molecule has 0 aliphatic carbocycles. The SMILES string of the molecule is CCCCC[N]c1cccs1. The van der Waals surface area contributed by atoms with Crippen molar-refractivity contribution in [2.24, 2.45) is 0 Å². The number of nitrogens with zero attached hydrogens (tertiary/aromatic N) is 1. The van der Waals surface area contributed by atoms with E-state index in [9.17, 15) is 0 Å². The van der Waals surface area contributed by atoms with Crippen LogP contribution < -0.4 is 5.32 Å². The Morgan fingerprint density at radius 3 is 3.00 bits per heavy atom. The van der Waals surface area contributed by atoms with E-state index in [1.54, 1.807) is 11.3 Å². The lowest BCUT2D eigenvalue weighted by molar-refractivity contribution is 0.684. The lowest BCUT2D eigenvalue weighted by atomic mass is 10.2. The van der Waals surface area contributed by atoms with Gasteiger partial charge in [0.2, 0.25) is 0 Å². The van der Waals surface area contributed by atoms with Crippen LogP contribution >= 0.6 is 11.3 Å². The van der Waals surface area contributed by atoms with Crippen molar-refractivity contribution in [3.05, 3.63) is 17.5 Å². The zero-order valence-corrected chi connectivity index (χ0v) is 7.73. The molecule has 1 nitrogen and oxygen atoms in total. The van der Waals surface area contributed by atoms with Gasteiger partial charge in [0.05, 0.1) is 0 Å². The first-order valence-electron chi connectivity index (χ1n) is 4.14. The second-order valence-corrected chi connectivity index (χ2v) is 3.47. The third-order valence-corrected chi connectivity index (χ3v) is 2.34. The van der Waals surface area contributed by atoms with Gasteiger partial charge < -0.3 is 0 Å². The molecule has 0 aliphatic heterocycles. The quantitative estimate of drug-likeness (QED) is 0.600. The van der Waals surface area contributed by atoms with Gasteiger partial charge >= 0.3 is 0 Å². The average Bonchev–Trinajstić information content (AvgIpc) is 2.50. The van der Waals surface area contributed by atoms with Gasteiger partial charge in [0.25, 0.3) is 0 Å².